The third-order valence-electron chi connectivity index (χ3n) is 4.40. The van der Waals surface area contributed by atoms with Crippen molar-refractivity contribution in [3.8, 4) is 11.5 Å². The second kappa shape index (κ2) is 6.27. The molecule has 0 unspecified atom stereocenters. The van der Waals surface area contributed by atoms with E-state index in [4.69, 9.17) is 9.47 Å². The van der Waals surface area contributed by atoms with Crippen molar-refractivity contribution in [2.45, 2.75) is 17.9 Å². The van der Waals surface area contributed by atoms with E-state index in [1.165, 1.54) is 25.1 Å². The van der Waals surface area contributed by atoms with E-state index >= 15 is 0 Å². The molecule has 0 saturated carbocycles. The first-order valence-electron chi connectivity index (χ1n) is 8.28. The highest BCUT2D eigenvalue weighted by Crippen LogP contribution is 2.34. The summed E-state index contributed by atoms with van der Waals surface area (Å²) >= 11 is 0. The summed E-state index contributed by atoms with van der Waals surface area (Å²) in [4.78, 5) is 25.1. The third kappa shape index (κ3) is 2.80. The van der Waals surface area contributed by atoms with Gasteiger partial charge in [0.05, 0.1) is 5.56 Å². The van der Waals surface area contributed by atoms with Crippen LogP contribution in [0.2, 0.25) is 0 Å². The number of rotatable bonds is 3. The molecule has 0 aliphatic carbocycles. The van der Waals surface area contributed by atoms with Gasteiger partial charge in [0, 0.05) is 11.8 Å². The molecule has 0 saturated heterocycles. The number of amides is 2. The van der Waals surface area contributed by atoms with Crippen LogP contribution in [0.15, 0.2) is 47.4 Å². The van der Waals surface area contributed by atoms with Gasteiger partial charge in [0.2, 0.25) is 5.91 Å². The average Bonchev–Trinajstić information content (AvgIpc) is 2.87. The Labute approximate surface area is 155 Å². The van der Waals surface area contributed by atoms with Crippen molar-refractivity contribution in [3.05, 3.63) is 48.0 Å². The lowest BCUT2D eigenvalue weighted by Gasteiger charge is -2.23. The van der Waals surface area contributed by atoms with Crippen LogP contribution in [0.4, 0.5) is 5.69 Å². The van der Waals surface area contributed by atoms with E-state index in [0.717, 1.165) is 0 Å². The Hall–Kier alpha value is -3.07. The van der Waals surface area contributed by atoms with E-state index in [-0.39, 0.29) is 10.5 Å². The van der Waals surface area contributed by atoms with E-state index in [1.807, 2.05) is 0 Å². The minimum Gasteiger partial charge on any atom is -0.486 e. The van der Waals surface area contributed by atoms with Crippen molar-refractivity contribution in [1.29, 1.82) is 0 Å². The van der Waals surface area contributed by atoms with Gasteiger partial charge in [0.1, 0.15) is 24.2 Å². The lowest BCUT2D eigenvalue weighted by Crippen LogP contribution is -2.45. The minimum absolute atomic E-state index is 0.0662. The summed E-state index contributed by atoms with van der Waals surface area (Å²) in [5.74, 6) is -0.282. The monoisotopic (exact) mass is 388 g/mol. The van der Waals surface area contributed by atoms with E-state index in [9.17, 15) is 18.0 Å². The lowest BCUT2D eigenvalue weighted by molar-refractivity contribution is -0.118. The molecule has 0 fully saturated rings. The number of hydrogen-bond acceptors (Lipinski definition) is 6. The molecule has 0 bridgehead atoms. The third-order valence-corrected chi connectivity index (χ3v) is 6.31. The molecule has 0 aromatic heterocycles. The summed E-state index contributed by atoms with van der Waals surface area (Å²) < 4.78 is 36.8. The quantitative estimate of drug-likeness (QED) is 0.857. The van der Waals surface area contributed by atoms with Crippen LogP contribution in [-0.4, -0.2) is 43.8 Å². The van der Waals surface area contributed by atoms with Crippen molar-refractivity contribution in [2.24, 2.45) is 0 Å². The van der Waals surface area contributed by atoms with Gasteiger partial charge in [-0.05, 0) is 31.2 Å². The van der Waals surface area contributed by atoms with E-state index in [0.29, 0.717) is 34.7 Å². The molecule has 2 aliphatic rings. The average molecular weight is 388 g/mol. The standard InChI is InChI=1S/C18H16N2O6S/c1-11(20-18(22)13-4-2-3-5-16(13)27(20,23)24)17(21)19-12-6-7-14-15(10-12)26-9-8-25-14/h2-7,10-11H,8-9H2,1H3,(H,19,21)/t11-/m1/s1. The Morgan fingerprint density at radius 2 is 1.81 bits per heavy atom. The topological polar surface area (TPSA) is 102 Å². The largest absolute Gasteiger partial charge is 0.486 e. The van der Waals surface area contributed by atoms with Crippen LogP contribution in [0.5, 0.6) is 11.5 Å². The SMILES string of the molecule is C[C@H](C(=O)Nc1ccc2c(c1)OCCO2)N1C(=O)c2ccccc2S1(=O)=O. The summed E-state index contributed by atoms with van der Waals surface area (Å²) in [6.07, 6.45) is 0. The first kappa shape index (κ1) is 17.3. The van der Waals surface area contributed by atoms with Gasteiger partial charge in [-0.15, -0.1) is 0 Å². The normalized spacial score (nSPS) is 18.0. The predicted molar refractivity (Wildman–Crippen MR) is 95.3 cm³/mol. The molecule has 1 N–H and O–H groups in total. The maximum Gasteiger partial charge on any atom is 0.269 e. The van der Waals surface area contributed by atoms with Gasteiger partial charge in [-0.2, -0.15) is 0 Å². The summed E-state index contributed by atoms with van der Waals surface area (Å²) in [7, 11) is -4.07. The Bertz CT molecular complexity index is 1050. The summed E-state index contributed by atoms with van der Waals surface area (Å²) in [6, 6.07) is 9.55. The van der Waals surface area contributed by atoms with Gasteiger partial charge < -0.3 is 14.8 Å². The van der Waals surface area contributed by atoms with Crippen molar-refractivity contribution in [2.75, 3.05) is 18.5 Å². The second-order valence-electron chi connectivity index (χ2n) is 6.13. The van der Waals surface area contributed by atoms with Crippen molar-refractivity contribution < 1.29 is 27.5 Å². The fourth-order valence-corrected chi connectivity index (χ4v) is 4.78. The van der Waals surface area contributed by atoms with Crippen molar-refractivity contribution in [3.63, 3.8) is 0 Å². The number of hydrogen-bond donors (Lipinski definition) is 1. The first-order valence-corrected chi connectivity index (χ1v) is 9.72. The fraction of sp³-hybridized carbons (Fsp3) is 0.222. The van der Waals surface area contributed by atoms with Crippen LogP contribution in [0.1, 0.15) is 17.3 Å². The number of nitrogens with one attached hydrogen (secondary N) is 1. The van der Waals surface area contributed by atoms with Gasteiger partial charge in [-0.3, -0.25) is 9.59 Å². The predicted octanol–water partition coefficient (Wildman–Crippen LogP) is 1.63. The van der Waals surface area contributed by atoms with E-state index < -0.39 is 27.9 Å². The zero-order chi connectivity index (χ0) is 19.2. The smallest absolute Gasteiger partial charge is 0.269 e. The van der Waals surface area contributed by atoms with Crippen LogP contribution in [0.25, 0.3) is 0 Å². The molecule has 9 heteroatoms. The molecule has 2 amide bonds. The number of nitrogens with zero attached hydrogens (tertiary/aromatic N) is 1. The maximum absolute atomic E-state index is 12.7. The second-order valence-corrected chi connectivity index (χ2v) is 7.91. The Balaban J connectivity index is 1.57. The molecule has 27 heavy (non-hydrogen) atoms. The number of fused-ring (bicyclic) bond motifs is 2. The highest BCUT2D eigenvalue weighted by atomic mass is 32.2. The minimum atomic E-state index is -4.07. The van der Waals surface area contributed by atoms with Crippen LogP contribution < -0.4 is 14.8 Å². The molecule has 140 valence electrons. The van der Waals surface area contributed by atoms with Crippen LogP contribution >= 0.6 is 0 Å². The molecule has 2 aromatic rings. The van der Waals surface area contributed by atoms with Gasteiger partial charge in [-0.1, -0.05) is 12.1 Å². The van der Waals surface area contributed by atoms with Crippen LogP contribution in [0.3, 0.4) is 0 Å². The van der Waals surface area contributed by atoms with Gasteiger partial charge in [0.15, 0.2) is 11.5 Å². The number of carbonyl (C=O) groups excluding carboxylic acids is 2. The first-order chi connectivity index (χ1) is 12.9. The van der Waals surface area contributed by atoms with E-state index in [2.05, 4.69) is 5.32 Å². The molecule has 0 radical (unpaired) electrons. The molecule has 0 spiro atoms. The number of carbonyl (C=O) groups is 2. The lowest BCUT2D eigenvalue weighted by atomic mass is 10.2. The molecule has 2 aromatic carbocycles. The van der Waals surface area contributed by atoms with Gasteiger partial charge >= 0.3 is 0 Å². The Kier molecular flexibility index (Phi) is 4.03. The zero-order valence-corrected chi connectivity index (χ0v) is 15.2. The maximum atomic E-state index is 12.7. The zero-order valence-electron chi connectivity index (χ0n) is 14.3. The Morgan fingerprint density at radius 1 is 1.11 bits per heavy atom. The van der Waals surface area contributed by atoms with E-state index in [1.54, 1.807) is 24.3 Å². The number of sulfonamides is 1. The molecule has 2 aliphatic heterocycles. The molecule has 4 rings (SSSR count). The van der Waals surface area contributed by atoms with Crippen molar-refractivity contribution >= 4 is 27.5 Å². The Morgan fingerprint density at radius 3 is 2.56 bits per heavy atom. The van der Waals surface area contributed by atoms with Crippen LogP contribution in [0, 0.1) is 0 Å². The van der Waals surface area contributed by atoms with Crippen molar-refractivity contribution in [1.82, 2.24) is 4.31 Å². The number of ether oxygens (including phenoxy) is 2. The van der Waals surface area contributed by atoms with Gasteiger partial charge in [0.25, 0.3) is 15.9 Å². The van der Waals surface area contributed by atoms with Crippen LogP contribution in [-0.2, 0) is 14.8 Å². The summed E-state index contributed by atoms with van der Waals surface area (Å²) in [6.45, 7) is 2.22. The fourth-order valence-electron chi connectivity index (χ4n) is 3.06. The number of anilines is 1. The summed E-state index contributed by atoms with van der Waals surface area (Å²) in [5, 5.41) is 2.62. The summed E-state index contributed by atoms with van der Waals surface area (Å²) in [5.41, 5.74) is 0.481. The molecule has 2 heterocycles. The number of benzene rings is 2. The molecule has 8 nitrogen and oxygen atoms in total. The molecular weight excluding hydrogens is 372 g/mol. The van der Waals surface area contributed by atoms with Gasteiger partial charge in [-0.25, -0.2) is 12.7 Å². The highest BCUT2D eigenvalue weighted by molar-refractivity contribution is 7.90. The highest BCUT2D eigenvalue weighted by Gasteiger charge is 2.45. The molecular formula is C18H16N2O6S. The molecule has 1 atom stereocenters.